The average Bonchev–Trinajstić information content (AvgIpc) is 2.59. The zero-order valence-electron chi connectivity index (χ0n) is 16.1. The number of carbonyl (C=O) groups is 2. The van der Waals surface area contributed by atoms with E-state index in [0.717, 1.165) is 19.3 Å². The normalized spacial score (nSPS) is 10.6. The van der Waals surface area contributed by atoms with Crippen molar-refractivity contribution >= 4 is 11.9 Å². The Kier molecular flexibility index (Phi) is 18.3. The summed E-state index contributed by atoms with van der Waals surface area (Å²) >= 11 is 0. The quantitative estimate of drug-likeness (QED) is 0.274. The topological polar surface area (TPSA) is 71.1 Å². The molecule has 0 atom stereocenters. The summed E-state index contributed by atoms with van der Waals surface area (Å²) in [6, 6.07) is 0. The number of carbonyl (C=O) groups excluding carboxylic acids is 2. The number of unbranched alkanes of at least 4 members (excludes halogenated alkanes) is 5. The van der Waals surface area contributed by atoms with E-state index in [4.69, 9.17) is 18.9 Å². The van der Waals surface area contributed by atoms with Gasteiger partial charge in [0.15, 0.2) is 0 Å². The molecule has 6 nitrogen and oxygen atoms in total. The Morgan fingerprint density at radius 1 is 0.560 bits per heavy atom. The molecule has 0 N–H and O–H groups in total. The first-order valence-corrected chi connectivity index (χ1v) is 9.67. The molecule has 0 aliphatic rings. The van der Waals surface area contributed by atoms with Gasteiger partial charge in [0.25, 0.3) is 0 Å². The first-order valence-electron chi connectivity index (χ1n) is 9.67. The maximum absolute atomic E-state index is 11.5. The summed E-state index contributed by atoms with van der Waals surface area (Å²) in [7, 11) is 0. The fourth-order valence-corrected chi connectivity index (χ4v) is 2.15. The van der Waals surface area contributed by atoms with Crippen molar-refractivity contribution in [2.24, 2.45) is 0 Å². The molecular formula is C19H36O6. The second-order valence-corrected chi connectivity index (χ2v) is 5.93. The molecule has 0 spiro atoms. The summed E-state index contributed by atoms with van der Waals surface area (Å²) in [5.74, 6) is -0.339. The highest BCUT2D eigenvalue weighted by molar-refractivity contribution is 5.69. The van der Waals surface area contributed by atoms with Gasteiger partial charge in [-0.3, -0.25) is 9.59 Å². The van der Waals surface area contributed by atoms with Crippen molar-refractivity contribution in [2.75, 3.05) is 39.6 Å². The van der Waals surface area contributed by atoms with Crippen molar-refractivity contribution in [1.82, 2.24) is 0 Å². The van der Waals surface area contributed by atoms with Crippen molar-refractivity contribution in [2.45, 2.75) is 71.6 Å². The van der Waals surface area contributed by atoms with Gasteiger partial charge < -0.3 is 18.9 Å². The zero-order valence-corrected chi connectivity index (χ0v) is 16.1. The van der Waals surface area contributed by atoms with E-state index in [0.29, 0.717) is 39.3 Å². The maximum atomic E-state index is 11.5. The minimum Gasteiger partial charge on any atom is -0.463 e. The van der Waals surface area contributed by atoms with Crippen molar-refractivity contribution in [3.05, 3.63) is 0 Å². The Labute approximate surface area is 152 Å². The second kappa shape index (κ2) is 19.2. The van der Waals surface area contributed by atoms with E-state index in [1.54, 1.807) is 0 Å². The third-order valence-corrected chi connectivity index (χ3v) is 3.54. The molecule has 0 saturated heterocycles. The van der Waals surface area contributed by atoms with Crippen LogP contribution in [-0.2, 0) is 28.5 Å². The van der Waals surface area contributed by atoms with Crippen LogP contribution < -0.4 is 0 Å². The predicted molar refractivity (Wildman–Crippen MR) is 96.5 cm³/mol. The summed E-state index contributed by atoms with van der Waals surface area (Å²) in [6.45, 7) is 6.27. The molecule has 0 amide bonds. The van der Waals surface area contributed by atoms with Gasteiger partial charge in [-0.2, -0.15) is 0 Å². The Balaban J connectivity index is 3.19. The van der Waals surface area contributed by atoms with Crippen molar-refractivity contribution < 1.29 is 28.5 Å². The van der Waals surface area contributed by atoms with Gasteiger partial charge in [-0.25, -0.2) is 0 Å². The molecule has 25 heavy (non-hydrogen) atoms. The van der Waals surface area contributed by atoms with Gasteiger partial charge in [-0.1, -0.05) is 46.0 Å². The van der Waals surface area contributed by atoms with Crippen LogP contribution in [0.4, 0.5) is 0 Å². The molecule has 0 fully saturated rings. The van der Waals surface area contributed by atoms with Crippen LogP contribution in [0.1, 0.15) is 71.6 Å². The number of ether oxygens (including phenoxy) is 4. The fourth-order valence-electron chi connectivity index (χ4n) is 2.15. The van der Waals surface area contributed by atoms with Crippen LogP contribution in [0.5, 0.6) is 0 Å². The molecule has 0 aromatic rings. The minimum absolute atomic E-state index is 0.149. The van der Waals surface area contributed by atoms with Crippen LogP contribution in [0.15, 0.2) is 0 Å². The Morgan fingerprint density at radius 3 is 1.60 bits per heavy atom. The van der Waals surface area contributed by atoms with Crippen LogP contribution in [0, 0.1) is 0 Å². The summed E-state index contributed by atoms with van der Waals surface area (Å²) in [5, 5.41) is 0. The largest absolute Gasteiger partial charge is 0.463 e. The lowest BCUT2D eigenvalue weighted by molar-refractivity contribution is -0.147. The Hall–Kier alpha value is -1.14. The molecule has 0 aliphatic carbocycles. The first-order chi connectivity index (χ1) is 12.2. The SMILES string of the molecule is CCCCCCCCC(=O)OCCOCCOCCOC(=O)CCC. The summed E-state index contributed by atoms with van der Waals surface area (Å²) in [4.78, 5) is 22.6. The van der Waals surface area contributed by atoms with Gasteiger partial charge in [0.05, 0.1) is 26.4 Å². The van der Waals surface area contributed by atoms with Crippen LogP contribution in [-0.4, -0.2) is 51.6 Å². The van der Waals surface area contributed by atoms with Gasteiger partial charge in [-0.05, 0) is 12.8 Å². The van der Waals surface area contributed by atoms with E-state index >= 15 is 0 Å². The van der Waals surface area contributed by atoms with Gasteiger partial charge in [0.2, 0.25) is 0 Å². The summed E-state index contributed by atoms with van der Waals surface area (Å²) < 4.78 is 20.6. The summed E-state index contributed by atoms with van der Waals surface area (Å²) in [5.41, 5.74) is 0. The fraction of sp³-hybridized carbons (Fsp3) is 0.895. The standard InChI is InChI=1S/C19H36O6/c1-3-5-6-7-8-9-11-19(21)25-17-15-23-13-12-22-14-16-24-18(20)10-4-2/h3-17H2,1-2H3. The highest BCUT2D eigenvalue weighted by atomic mass is 16.6. The Morgan fingerprint density at radius 2 is 1.04 bits per heavy atom. The van der Waals surface area contributed by atoms with E-state index in [2.05, 4.69) is 6.92 Å². The van der Waals surface area contributed by atoms with Crippen LogP contribution in [0.3, 0.4) is 0 Å². The predicted octanol–water partition coefficient (Wildman–Crippen LogP) is 3.66. The molecule has 6 heteroatoms. The lowest BCUT2D eigenvalue weighted by atomic mass is 10.1. The summed E-state index contributed by atoms with van der Waals surface area (Å²) in [6.07, 6.45) is 8.68. The van der Waals surface area contributed by atoms with E-state index < -0.39 is 0 Å². The first kappa shape index (κ1) is 23.9. The highest BCUT2D eigenvalue weighted by Crippen LogP contribution is 2.07. The van der Waals surface area contributed by atoms with E-state index in [1.165, 1.54) is 25.7 Å². The lowest BCUT2D eigenvalue weighted by Crippen LogP contribution is -2.14. The lowest BCUT2D eigenvalue weighted by Gasteiger charge is -2.07. The van der Waals surface area contributed by atoms with E-state index in [9.17, 15) is 9.59 Å². The molecule has 0 rings (SSSR count). The van der Waals surface area contributed by atoms with Gasteiger partial charge in [0.1, 0.15) is 13.2 Å². The van der Waals surface area contributed by atoms with Gasteiger partial charge in [0, 0.05) is 12.8 Å². The number of rotatable bonds is 18. The van der Waals surface area contributed by atoms with Crippen LogP contribution in [0.25, 0.3) is 0 Å². The van der Waals surface area contributed by atoms with Gasteiger partial charge >= 0.3 is 11.9 Å². The minimum atomic E-state index is -0.190. The molecule has 0 aromatic heterocycles. The molecule has 0 bridgehead atoms. The highest BCUT2D eigenvalue weighted by Gasteiger charge is 2.02. The number of esters is 2. The van der Waals surface area contributed by atoms with Gasteiger partial charge in [-0.15, -0.1) is 0 Å². The van der Waals surface area contributed by atoms with E-state index in [1.807, 2.05) is 6.92 Å². The monoisotopic (exact) mass is 360 g/mol. The molecular weight excluding hydrogens is 324 g/mol. The number of hydrogen-bond donors (Lipinski definition) is 0. The molecule has 0 radical (unpaired) electrons. The molecule has 0 unspecified atom stereocenters. The molecule has 148 valence electrons. The van der Waals surface area contributed by atoms with E-state index in [-0.39, 0.29) is 25.2 Å². The third-order valence-electron chi connectivity index (χ3n) is 3.54. The molecule has 0 aromatic carbocycles. The third kappa shape index (κ3) is 19.0. The van der Waals surface area contributed by atoms with Crippen LogP contribution in [0.2, 0.25) is 0 Å². The molecule has 0 saturated carbocycles. The Bertz CT molecular complexity index is 319. The molecule has 0 aliphatic heterocycles. The second-order valence-electron chi connectivity index (χ2n) is 5.93. The number of hydrogen-bond acceptors (Lipinski definition) is 6. The smallest absolute Gasteiger partial charge is 0.305 e. The van der Waals surface area contributed by atoms with Crippen LogP contribution >= 0.6 is 0 Å². The maximum Gasteiger partial charge on any atom is 0.305 e. The average molecular weight is 360 g/mol. The molecule has 0 heterocycles. The van der Waals surface area contributed by atoms with Crippen molar-refractivity contribution in [3.63, 3.8) is 0 Å². The zero-order chi connectivity index (χ0) is 18.6. The van der Waals surface area contributed by atoms with Crippen molar-refractivity contribution in [1.29, 1.82) is 0 Å². The van der Waals surface area contributed by atoms with Crippen molar-refractivity contribution in [3.8, 4) is 0 Å².